The van der Waals surface area contributed by atoms with Crippen molar-refractivity contribution in [3.05, 3.63) is 50.9 Å². The Hall–Kier alpha value is -3.23. The van der Waals surface area contributed by atoms with Gasteiger partial charge in [-0.15, -0.1) is 0 Å². The maximum atomic E-state index is 12.5. The average Bonchev–Trinajstić information content (AvgIpc) is 3.10. The molecular weight excluding hydrogens is 336 g/mol. The molecule has 0 bridgehead atoms. The standard InChI is InChI=1S/C17H20N6O3/c1-5-12-7-15(24)20-17(18-12)23-14(6-9(2)21-23)19-16(25)8-13-10(3)22-26-11(13)4/h6-7H,5,8H2,1-4H3,(H,19,25)(H,18,20,24). The number of nitrogens with zero attached hydrogens (tertiary/aromatic N) is 4. The van der Waals surface area contributed by atoms with Crippen LogP contribution in [0.2, 0.25) is 0 Å². The molecule has 1 amide bonds. The topological polar surface area (TPSA) is 119 Å². The third-order valence-electron chi connectivity index (χ3n) is 3.96. The Morgan fingerprint density at radius 1 is 1.31 bits per heavy atom. The Labute approximate surface area is 149 Å². The zero-order valence-corrected chi connectivity index (χ0v) is 15.1. The first-order valence-corrected chi connectivity index (χ1v) is 8.26. The van der Waals surface area contributed by atoms with E-state index in [2.05, 4.69) is 25.5 Å². The summed E-state index contributed by atoms with van der Waals surface area (Å²) in [5.74, 6) is 1.06. The summed E-state index contributed by atoms with van der Waals surface area (Å²) in [4.78, 5) is 31.3. The van der Waals surface area contributed by atoms with E-state index in [0.29, 0.717) is 35.1 Å². The molecule has 0 aliphatic heterocycles. The third kappa shape index (κ3) is 3.56. The molecule has 0 unspecified atom stereocenters. The van der Waals surface area contributed by atoms with E-state index >= 15 is 0 Å². The number of carbonyl (C=O) groups is 1. The number of H-pyrrole nitrogens is 1. The van der Waals surface area contributed by atoms with E-state index in [0.717, 1.165) is 5.56 Å². The number of aromatic nitrogens is 5. The first kappa shape index (κ1) is 17.6. The summed E-state index contributed by atoms with van der Waals surface area (Å²) in [6.07, 6.45) is 0.745. The maximum absolute atomic E-state index is 12.5. The molecule has 0 fully saturated rings. The number of amides is 1. The Bertz CT molecular complexity index is 994. The van der Waals surface area contributed by atoms with Crippen molar-refractivity contribution in [1.82, 2.24) is 24.9 Å². The van der Waals surface area contributed by atoms with E-state index < -0.39 is 0 Å². The Balaban J connectivity index is 1.89. The van der Waals surface area contributed by atoms with Crippen molar-refractivity contribution >= 4 is 11.7 Å². The summed E-state index contributed by atoms with van der Waals surface area (Å²) in [7, 11) is 0. The molecule has 0 atom stereocenters. The quantitative estimate of drug-likeness (QED) is 0.717. The number of hydrogen-bond acceptors (Lipinski definition) is 6. The second-order valence-electron chi connectivity index (χ2n) is 6.02. The highest BCUT2D eigenvalue weighted by atomic mass is 16.5. The van der Waals surface area contributed by atoms with E-state index in [1.165, 1.54) is 10.7 Å². The van der Waals surface area contributed by atoms with Gasteiger partial charge in [0, 0.05) is 23.4 Å². The predicted octanol–water partition coefficient (Wildman–Crippen LogP) is 1.61. The van der Waals surface area contributed by atoms with Crippen molar-refractivity contribution < 1.29 is 9.32 Å². The lowest BCUT2D eigenvalue weighted by Crippen LogP contribution is -2.20. The van der Waals surface area contributed by atoms with E-state index in [1.54, 1.807) is 26.8 Å². The fourth-order valence-electron chi connectivity index (χ4n) is 2.63. The first-order valence-electron chi connectivity index (χ1n) is 8.26. The van der Waals surface area contributed by atoms with Crippen LogP contribution in [0.3, 0.4) is 0 Å². The second kappa shape index (κ2) is 6.95. The number of nitrogens with one attached hydrogen (secondary N) is 2. The van der Waals surface area contributed by atoms with Gasteiger partial charge in [-0.3, -0.25) is 14.6 Å². The van der Waals surface area contributed by atoms with Crippen LogP contribution in [0.25, 0.3) is 5.95 Å². The van der Waals surface area contributed by atoms with Crippen LogP contribution >= 0.6 is 0 Å². The molecule has 3 aromatic heterocycles. The fraction of sp³-hybridized carbons (Fsp3) is 0.353. The average molecular weight is 356 g/mol. The monoisotopic (exact) mass is 356 g/mol. The first-order chi connectivity index (χ1) is 12.4. The van der Waals surface area contributed by atoms with Crippen LogP contribution in [0.4, 0.5) is 5.82 Å². The second-order valence-corrected chi connectivity index (χ2v) is 6.02. The minimum atomic E-state index is -0.270. The van der Waals surface area contributed by atoms with Crippen LogP contribution in [0.1, 0.15) is 35.3 Å². The van der Waals surface area contributed by atoms with Crippen LogP contribution in [-0.2, 0) is 17.6 Å². The number of carbonyl (C=O) groups excluding carboxylic acids is 1. The molecule has 0 aliphatic carbocycles. The molecule has 3 heterocycles. The molecule has 0 spiro atoms. The summed E-state index contributed by atoms with van der Waals surface area (Å²) in [5.41, 5.74) is 2.49. The minimum Gasteiger partial charge on any atom is -0.361 e. The molecule has 136 valence electrons. The highest BCUT2D eigenvalue weighted by molar-refractivity contribution is 5.92. The van der Waals surface area contributed by atoms with Crippen molar-refractivity contribution in [2.24, 2.45) is 0 Å². The van der Waals surface area contributed by atoms with Gasteiger partial charge in [0.15, 0.2) is 0 Å². The number of rotatable bonds is 5. The summed E-state index contributed by atoms with van der Waals surface area (Å²) in [6.45, 7) is 7.26. The molecule has 0 radical (unpaired) electrons. The third-order valence-corrected chi connectivity index (χ3v) is 3.96. The van der Waals surface area contributed by atoms with Gasteiger partial charge in [0.25, 0.3) is 5.56 Å². The summed E-state index contributed by atoms with van der Waals surface area (Å²) in [5, 5.41) is 11.0. The number of aryl methyl sites for hydroxylation is 4. The van der Waals surface area contributed by atoms with E-state index in [9.17, 15) is 9.59 Å². The smallest absolute Gasteiger partial charge is 0.252 e. The Kier molecular flexibility index (Phi) is 4.70. The summed E-state index contributed by atoms with van der Waals surface area (Å²) < 4.78 is 6.50. The molecular formula is C17H20N6O3. The lowest BCUT2D eigenvalue weighted by Gasteiger charge is -2.08. The lowest BCUT2D eigenvalue weighted by atomic mass is 10.1. The summed E-state index contributed by atoms with van der Waals surface area (Å²) in [6, 6.07) is 3.15. The molecule has 3 rings (SSSR count). The van der Waals surface area contributed by atoms with Gasteiger partial charge < -0.3 is 9.84 Å². The molecule has 3 aromatic rings. The largest absolute Gasteiger partial charge is 0.361 e. The van der Waals surface area contributed by atoms with Crippen molar-refractivity contribution in [3.8, 4) is 5.95 Å². The number of anilines is 1. The van der Waals surface area contributed by atoms with Crippen LogP contribution in [-0.4, -0.2) is 30.8 Å². The number of hydrogen-bond donors (Lipinski definition) is 2. The van der Waals surface area contributed by atoms with Crippen LogP contribution in [0, 0.1) is 20.8 Å². The van der Waals surface area contributed by atoms with Gasteiger partial charge in [0.2, 0.25) is 11.9 Å². The van der Waals surface area contributed by atoms with Crippen LogP contribution in [0.5, 0.6) is 0 Å². The maximum Gasteiger partial charge on any atom is 0.252 e. The van der Waals surface area contributed by atoms with Crippen molar-refractivity contribution in [2.75, 3.05) is 5.32 Å². The van der Waals surface area contributed by atoms with Gasteiger partial charge in [0.05, 0.1) is 17.8 Å². The molecule has 9 nitrogen and oxygen atoms in total. The van der Waals surface area contributed by atoms with Gasteiger partial charge in [0.1, 0.15) is 11.6 Å². The van der Waals surface area contributed by atoms with E-state index in [-0.39, 0.29) is 23.8 Å². The minimum absolute atomic E-state index is 0.129. The molecule has 0 saturated carbocycles. The normalized spacial score (nSPS) is 10.9. The van der Waals surface area contributed by atoms with E-state index in [4.69, 9.17) is 4.52 Å². The highest BCUT2D eigenvalue weighted by Gasteiger charge is 2.17. The highest BCUT2D eigenvalue weighted by Crippen LogP contribution is 2.17. The van der Waals surface area contributed by atoms with Crippen molar-refractivity contribution in [1.29, 1.82) is 0 Å². The Morgan fingerprint density at radius 2 is 2.08 bits per heavy atom. The molecule has 0 saturated heterocycles. The number of aromatic amines is 1. The zero-order valence-electron chi connectivity index (χ0n) is 15.1. The summed E-state index contributed by atoms with van der Waals surface area (Å²) >= 11 is 0. The van der Waals surface area contributed by atoms with Gasteiger partial charge in [-0.25, -0.2) is 4.98 Å². The molecule has 9 heteroatoms. The van der Waals surface area contributed by atoms with E-state index in [1.807, 2.05) is 6.92 Å². The van der Waals surface area contributed by atoms with Crippen LogP contribution < -0.4 is 10.9 Å². The SMILES string of the molecule is CCc1cc(=O)[nH]c(-n2nc(C)cc2NC(=O)Cc2c(C)noc2C)n1. The molecule has 0 aliphatic rings. The molecule has 2 N–H and O–H groups in total. The van der Waals surface area contributed by atoms with Gasteiger partial charge in [-0.05, 0) is 27.2 Å². The van der Waals surface area contributed by atoms with Crippen molar-refractivity contribution in [2.45, 2.75) is 40.5 Å². The zero-order chi connectivity index (χ0) is 18.8. The van der Waals surface area contributed by atoms with Crippen molar-refractivity contribution in [3.63, 3.8) is 0 Å². The van der Waals surface area contributed by atoms with Gasteiger partial charge in [-0.2, -0.15) is 9.78 Å². The van der Waals surface area contributed by atoms with Gasteiger partial charge >= 0.3 is 0 Å². The van der Waals surface area contributed by atoms with Gasteiger partial charge in [-0.1, -0.05) is 12.1 Å². The Morgan fingerprint density at radius 3 is 2.73 bits per heavy atom. The molecule has 26 heavy (non-hydrogen) atoms. The predicted molar refractivity (Wildman–Crippen MR) is 94.4 cm³/mol. The molecule has 0 aromatic carbocycles. The lowest BCUT2D eigenvalue weighted by molar-refractivity contribution is -0.115. The van der Waals surface area contributed by atoms with Crippen LogP contribution in [0.15, 0.2) is 21.5 Å². The fourth-order valence-corrected chi connectivity index (χ4v) is 2.63.